The largest absolute Gasteiger partial charge is 0.261 e. The monoisotopic (exact) mass is 240 g/mol. The van der Waals surface area contributed by atoms with Crippen LogP contribution in [0.25, 0.3) is 0 Å². The van der Waals surface area contributed by atoms with Gasteiger partial charge >= 0.3 is 0 Å². The van der Waals surface area contributed by atoms with Crippen LogP contribution in [0.1, 0.15) is 36.4 Å². The van der Waals surface area contributed by atoms with Crippen molar-refractivity contribution < 1.29 is 0 Å². The minimum absolute atomic E-state index is 1.00. The fourth-order valence-electron chi connectivity index (χ4n) is 2.30. The van der Waals surface area contributed by atoms with Crippen molar-refractivity contribution in [3.8, 4) is 0 Å². The Hall–Kier alpha value is -1.70. The van der Waals surface area contributed by atoms with E-state index in [1.807, 2.05) is 24.5 Å². The third-order valence-electron chi connectivity index (χ3n) is 3.30. The highest BCUT2D eigenvalue weighted by Gasteiger charge is 2.05. The summed E-state index contributed by atoms with van der Waals surface area (Å²) in [6.07, 6.45) is 7.87. The summed E-state index contributed by atoms with van der Waals surface area (Å²) >= 11 is 0. The highest BCUT2D eigenvalue weighted by molar-refractivity contribution is 5.25. The Kier molecular flexibility index (Phi) is 4.46. The molecule has 0 unspecified atom stereocenters. The lowest BCUT2D eigenvalue weighted by atomic mass is 10.0. The third kappa shape index (κ3) is 2.95. The molecule has 94 valence electrons. The topological polar surface area (TPSA) is 25.8 Å². The molecular weight excluding hydrogens is 220 g/mol. The summed E-state index contributed by atoms with van der Waals surface area (Å²) in [5.41, 5.74) is 5.18. The van der Waals surface area contributed by atoms with Crippen molar-refractivity contribution in [3.05, 3.63) is 59.2 Å². The van der Waals surface area contributed by atoms with E-state index < -0.39 is 0 Å². The van der Waals surface area contributed by atoms with Crippen molar-refractivity contribution in [3.63, 3.8) is 0 Å². The zero-order valence-corrected chi connectivity index (χ0v) is 11.2. The van der Waals surface area contributed by atoms with Gasteiger partial charge in [0.05, 0.1) is 0 Å². The van der Waals surface area contributed by atoms with E-state index in [0.717, 1.165) is 25.7 Å². The van der Waals surface area contributed by atoms with Crippen LogP contribution < -0.4 is 0 Å². The normalized spacial score (nSPS) is 10.6. The molecule has 0 saturated carbocycles. The predicted octanol–water partition coefficient (Wildman–Crippen LogP) is 3.39. The first-order chi connectivity index (χ1) is 8.85. The van der Waals surface area contributed by atoms with E-state index >= 15 is 0 Å². The molecule has 0 atom stereocenters. The molecular formula is C16H20N2. The molecule has 2 nitrogen and oxygen atoms in total. The second-order valence-electron chi connectivity index (χ2n) is 4.43. The second kappa shape index (κ2) is 6.29. The van der Waals surface area contributed by atoms with Gasteiger partial charge in [-0.3, -0.25) is 9.97 Å². The molecule has 0 aliphatic rings. The average Bonchev–Trinajstić information content (AvgIpc) is 2.45. The Bertz CT molecular complexity index is 458. The molecule has 0 N–H and O–H groups in total. The van der Waals surface area contributed by atoms with Crippen LogP contribution in [0.5, 0.6) is 0 Å². The van der Waals surface area contributed by atoms with Gasteiger partial charge in [-0.25, -0.2) is 0 Å². The third-order valence-corrected chi connectivity index (χ3v) is 3.30. The standard InChI is InChI=1S/C16H20N2/c1-3-15-13(7-5-11-17-15)9-10-14-8-6-12-18-16(14)4-2/h5-8,11-12H,3-4,9-10H2,1-2H3. The summed E-state index contributed by atoms with van der Waals surface area (Å²) in [6.45, 7) is 4.32. The lowest BCUT2D eigenvalue weighted by molar-refractivity contribution is 0.870. The molecule has 0 aromatic carbocycles. The lowest BCUT2D eigenvalue weighted by Crippen LogP contribution is -2.01. The molecule has 2 aromatic rings. The Labute approximate surface area is 109 Å². The molecule has 0 spiro atoms. The first-order valence-electron chi connectivity index (χ1n) is 6.70. The smallest absolute Gasteiger partial charge is 0.0432 e. The molecule has 2 heteroatoms. The maximum absolute atomic E-state index is 4.44. The first kappa shape index (κ1) is 12.7. The SMILES string of the molecule is CCc1ncccc1CCc1cccnc1CC. The van der Waals surface area contributed by atoms with Crippen LogP contribution in [0.3, 0.4) is 0 Å². The summed E-state index contributed by atoms with van der Waals surface area (Å²) < 4.78 is 0. The average molecular weight is 240 g/mol. The molecule has 0 aliphatic carbocycles. The maximum Gasteiger partial charge on any atom is 0.0432 e. The molecule has 0 saturated heterocycles. The highest BCUT2D eigenvalue weighted by atomic mass is 14.7. The number of aryl methyl sites for hydroxylation is 4. The van der Waals surface area contributed by atoms with Gasteiger partial charge in [-0.1, -0.05) is 26.0 Å². The number of pyridine rings is 2. The Morgan fingerprint density at radius 2 is 1.22 bits per heavy atom. The molecule has 2 aromatic heterocycles. The van der Waals surface area contributed by atoms with Crippen molar-refractivity contribution >= 4 is 0 Å². The van der Waals surface area contributed by atoms with Gasteiger partial charge in [-0.15, -0.1) is 0 Å². The number of rotatable bonds is 5. The van der Waals surface area contributed by atoms with E-state index in [9.17, 15) is 0 Å². The zero-order valence-electron chi connectivity index (χ0n) is 11.2. The molecule has 0 bridgehead atoms. The van der Waals surface area contributed by atoms with Gasteiger partial charge in [0.1, 0.15) is 0 Å². The van der Waals surface area contributed by atoms with Gasteiger partial charge < -0.3 is 0 Å². The minimum atomic E-state index is 1.00. The van der Waals surface area contributed by atoms with Crippen molar-refractivity contribution in [2.45, 2.75) is 39.5 Å². The highest BCUT2D eigenvalue weighted by Crippen LogP contribution is 2.13. The van der Waals surface area contributed by atoms with Crippen molar-refractivity contribution in [2.75, 3.05) is 0 Å². The van der Waals surface area contributed by atoms with Crippen LogP contribution >= 0.6 is 0 Å². The van der Waals surface area contributed by atoms with Crippen LogP contribution in [-0.2, 0) is 25.7 Å². The predicted molar refractivity (Wildman–Crippen MR) is 74.6 cm³/mol. The number of nitrogens with zero attached hydrogens (tertiary/aromatic N) is 2. The van der Waals surface area contributed by atoms with E-state index in [-0.39, 0.29) is 0 Å². The molecule has 2 rings (SSSR count). The molecule has 0 aliphatic heterocycles. The first-order valence-corrected chi connectivity index (χ1v) is 6.70. The second-order valence-corrected chi connectivity index (χ2v) is 4.43. The maximum atomic E-state index is 4.44. The molecule has 0 amide bonds. The summed E-state index contributed by atoms with van der Waals surface area (Å²) in [4.78, 5) is 8.87. The van der Waals surface area contributed by atoms with Gasteiger partial charge in [0.2, 0.25) is 0 Å². The van der Waals surface area contributed by atoms with Crippen LogP contribution in [0.4, 0.5) is 0 Å². The minimum Gasteiger partial charge on any atom is -0.261 e. The van der Waals surface area contributed by atoms with Gasteiger partial charge in [0, 0.05) is 23.8 Å². The summed E-state index contributed by atoms with van der Waals surface area (Å²) in [5.74, 6) is 0. The molecule has 0 fully saturated rings. The fraction of sp³-hybridized carbons (Fsp3) is 0.375. The van der Waals surface area contributed by atoms with E-state index in [0.29, 0.717) is 0 Å². The van der Waals surface area contributed by atoms with Gasteiger partial charge in [0.15, 0.2) is 0 Å². The zero-order chi connectivity index (χ0) is 12.8. The van der Waals surface area contributed by atoms with Crippen LogP contribution in [0.15, 0.2) is 36.7 Å². The van der Waals surface area contributed by atoms with Gasteiger partial charge in [-0.05, 0) is 48.9 Å². The summed E-state index contributed by atoms with van der Waals surface area (Å²) in [5, 5.41) is 0. The van der Waals surface area contributed by atoms with Crippen molar-refractivity contribution in [1.82, 2.24) is 9.97 Å². The summed E-state index contributed by atoms with van der Waals surface area (Å²) in [7, 11) is 0. The number of aromatic nitrogens is 2. The van der Waals surface area contributed by atoms with E-state index in [2.05, 4.69) is 35.9 Å². The molecule has 2 heterocycles. The number of hydrogen-bond donors (Lipinski definition) is 0. The van der Waals surface area contributed by atoms with Gasteiger partial charge in [0.25, 0.3) is 0 Å². The number of hydrogen-bond acceptors (Lipinski definition) is 2. The molecule has 18 heavy (non-hydrogen) atoms. The van der Waals surface area contributed by atoms with E-state index in [1.165, 1.54) is 22.5 Å². The Balaban J connectivity index is 2.11. The van der Waals surface area contributed by atoms with Crippen LogP contribution in [-0.4, -0.2) is 9.97 Å². The van der Waals surface area contributed by atoms with Gasteiger partial charge in [-0.2, -0.15) is 0 Å². The Morgan fingerprint density at radius 1 is 0.778 bits per heavy atom. The van der Waals surface area contributed by atoms with Crippen LogP contribution in [0.2, 0.25) is 0 Å². The lowest BCUT2D eigenvalue weighted by Gasteiger charge is -2.09. The van der Waals surface area contributed by atoms with E-state index in [1.54, 1.807) is 0 Å². The van der Waals surface area contributed by atoms with Crippen LogP contribution in [0, 0.1) is 0 Å². The fourth-order valence-corrected chi connectivity index (χ4v) is 2.30. The summed E-state index contributed by atoms with van der Waals surface area (Å²) in [6, 6.07) is 8.43. The van der Waals surface area contributed by atoms with E-state index in [4.69, 9.17) is 0 Å². The Morgan fingerprint density at radius 3 is 1.61 bits per heavy atom. The van der Waals surface area contributed by atoms with Crippen molar-refractivity contribution in [1.29, 1.82) is 0 Å². The molecule has 0 radical (unpaired) electrons. The van der Waals surface area contributed by atoms with Crippen molar-refractivity contribution in [2.24, 2.45) is 0 Å². The quantitative estimate of drug-likeness (QED) is 0.800.